The zero-order valence-electron chi connectivity index (χ0n) is 15.6. The highest BCUT2D eigenvalue weighted by Crippen LogP contribution is 2.30. The molecule has 29 heavy (non-hydrogen) atoms. The quantitative estimate of drug-likeness (QED) is 0.430. The fourth-order valence-corrected chi connectivity index (χ4v) is 3.29. The van der Waals surface area contributed by atoms with Crippen molar-refractivity contribution in [3.63, 3.8) is 0 Å². The highest BCUT2D eigenvalue weighted by atomic mass is 35.5. The number of benzene rings is 3. The van der Waals surface area contributed by atoms with E-state index in [1.165, 1.54) is 7.11 Å². The molecule has 0 spiro atoms. The molecule has 0 aliphatic rings. The molecule has 0 aliphatic heterocycles. The Balaban J connectivity index is 1.63. The number of fused-ring (bicyclic) bond motifs is 1. The molecule has 0 saturated heterocycles. The molecule has 5 nitrogen and oxygen atoms in total. The lowest BCUT2D eigenvalue weighted by atomic mass is 10.1. The van der Waals surface area contributed by atoms with Crippen LogP contribution in [0, 0.1) is 0 Å². The number of nitrogens with one attached hydrogen (secondary N) is 1. The van der Waals surface area contributed by atoms with Crippen molar-refractivity contribution in [3.8, 4) is 11.5 Å². The van der Waals surface area contributed by atoms with Gasteiger partial charge in [0.05, 0.1) is 12.1 Å². The van der Waals surface area contributed by atoms with E-state index in [9.17, 15) is 4.79 Å². The minimum absolute atomic E-state index is 0.202. The van der Waals surface area contributed by atoms with Crippen molar-refractivity contribution < 1.29 is 18.7 Å². The Morgan fingerprint density at radius 1 is 1.03 bits per heavy atom. The lowest BCUT2D eigenvalue weighted by Crippen LogP contribution is -2.14. The molecule has 0 bridgehead atoms. The molecule has 0 fully saturated rings. The minimum Gasteiger partial charge on any atom is -0.495 e. The molecular weight excluding hydrogens is 390 g/mol. The Hall–Kier alpha value is -3.44. The zero-order chi connectivity index (χ0) is 20.2. The summed E-state index contributed by atoms with van der Waals surface area (Å²) in [6.45, 7) is 0.202. The highest BCUT2D eigenvalue weighted by Gasteiger charge is 2.21. The number of para-hydroxylation sites is 2. The van der Waals surface area contributed by atoms with Crippen molar-refractivity contribution in [2.75, 3.05) is 12.4 Å². The number of halogens is 1. The SMILES string of the molecule is COc1ccc(NC(=O)c2oc3ccccc3c2COc2ccccc2)cc1Cl. The second-order valence-corrected chi connectivity index (χ2v) is 6.72. The van der Waals surface area contributed by atoms with E-state index in [1.54, 1.807) is 18.2 Å². The highest BCUT2D eigenvalue weighted by molar-refractivity contribution is 6.32. The molecule has 1 aromatic heterocycles. The molecule has 146 valence electrons. The van der Waals surface area contributed by atoms with Crippen LogP contribution in [0.1, 0.15) is 16.1 Å². The molecule has 0 aliphatic carbocycles. The first-order chi connectivity index (χ1) is 14.2. The summed E-state index contributed by atoms with van der Waals surface area (Å²) in [5.41, 5.74) is 1.84. The summed E-state index contributed by atoms with van der Waals surface area (Å²) in [7, 11) is 1.53. The largest absolute Gasteiger partial charge is 0.495 e. The van der Waals surface area contributed by atoms with Gasteiger partial charge in [-0.15, -0.1) is 0 Å². The number of carbonyl (C=O) groups is 1. The summed E-state index contributed by atoms with van der Waals surface area (Å²) in [4.78, 5) is 12.9. The zero-order valence-corrected chi connectivity index (χ0v) is 16.4. The monoisotopic (exact) mass is 407 g/mol. The number of hydrogen-bond acceptors (Lipinski definition) is 4. The number of anilines is 1. The van der Waals surface area contributed by atoms with Crippen LogP contribution in [-0.2, 0) is 6.61 Å². The van der Waals surface area contributed by atoms with Crippen LogP contribution in [0.15, 0.2) is 77.2 Å². The van der Waals surface area contributed by atoms with Crippen molar-refractivity contribution >= 4 is 34.2 Å². The predicted molar refractivity (Wildman–Crippen MR) is 113 cm³/mol. The number of rotatable bonds is 6. The molecule has 0 unspecified atom stereocenters. The fraction of sp³-hybridized carbons (Fsp3) is 0.0870. The number of hydrogen-bond donors (Lipinski definition) is 1. The van der Waals surface area contributed by atoms with Crippen LogP contribution >= 0.6 is 11.6 Å². The molecule has 1 amide bonds. The fourth-order valence-electron chi connectivity index (χ4n) is 3.03. The Kier molecular flexibility index (Phi) is 5.40. The van der Waals surface area contributed by atoms with E-state index in [2.05, 4.69) is 5.32 Å². The third kappa shape index (κ3) is 4.05. The van der Waals surface area contributed by atoms with Crippen LogP contribution in [0.4, 0.5) is 5.69 Å². The summed E-state index contributed by atoms with van der Waals surface area (Å²) in [5, 5.41) is 4.06. The van der Waals surface area contributed by atoms with Gasteiger partial charge in [0.2, 0.25) is 0 Å². The Labute approximate surface area is 172 Å². The number of carbonyl (C=O) groups excluding carboxylic acids is 1. The number of methoxy groups -OCH3 is 1. The summed E-state index contributed by atoms with van der Waals surface area (Å²) in [5.74, 6) is 1.07. The average Bonchev–Trinajstić information content (AvgIpc) is 3.12. The van der Waals surface area contributed by atoms with Crippen molar-refractivity contribution in [1.82, 2.24) is 0 Å². The van der Waals surface area contributed by atoms with Crippen LogP contribution in [0.5, 0.6) is 11.5 Å². The molecule has 3 aromatic carbocycles. The van der Waals surface area contributed by atoms with Gasteiger partial charge in [-0.3, -0.25) is 4.79 Å². The van der Waals surface area contributed by atoms with Crippen molar-refractivity contribution in [1.29, 1.82) is 0 Å². The van der Waals surface area contributed by atoms with E-state index in [0.29, 0.717) is 33.4 Å². The summed E-state index contributed by atoms with van der Waals surface area (Å²) < 4.78 is 16.9. The van der Waals surface area contributed by atoms with Crippen LogP contribution < -0.4 is 14.8 Å². The van der Waals surface area contributed by atoms with Crippen LogP contribution in [0.25, 0.3) is 11.0 Å². The first kappa shape index (κ1) is 18.9. The molecule has 4 aromatic rings. The van der Waals surface area contributed by atoms with E-state index in [4.69, 9.17) is 25.5 Å². The second kappa shape index (κ2) is 8.29. The maximum atomic E-state index is 12.9. The van der Waals surface area contributed by atoms with Crippen molar-refractivity contribution in [3.05, 3.63) is 89.1 Å². The summed E-state index contributed by atoms with van der Waals surface area (Å²) in [6, 6.07) is 21.9. The van der Waals surface area contributed by atoms with Crippen LogP contribution in [0.3, 0.4) is 0 Å². The Morgan fingerprint density at radius 2 is 1.79 bits per heavy atom. The van der Waals surface area contributed by atoms with Gasteiger partial charge in [0, 0.05) is 16.6 Å². The lowest BCUT2D eigenvalue weighted by molar-refractivity contribution is 0.0995. The Morgan fingerprint density at radius 3 is 2.55 bits per heavy atom. The molecular formula is C23H18ClNO4. The molecule has 1 heterocycles. The lowest BCUT2D eigenvalue weighted by Gasteiger charge is -2.09. The second-order valence-electron chi connectivity index (χ2n) is 6.31. The van der Waals surface area contributed by atoms with Gasteiger partial charge in [-0.2, -0.15) is 0 Å². The van der Waals surface area contributed by atoms with Gasteiger partial charge in [-0.1, -0.05) is 48.0 Å². The summed E-state index contributed by atoms with van der Waals surface area (Å²) in [6.07, 6.45) is 0. The van der Waals surface area contributed by atoms with Gasteiger partial charge in [-0.05, 0) is 36.4 Å². The first-order valence-corrected chi connectivity index (χ1v) is 9.36. The van der Waals surface area contributed by atoms with Crippen molar-refractivity contribution in [2.45, 2.75) is 6.61 Å². The molecule has 0 atom stereocenters. The molecule has 4 rings (SSSR count). The topological polar surface area (TPSA) is 60.7 Å². The smallest absolute Gasteiger partial charge is 0.291 e. The van der Waals surface area contributed by atoms with Gasteiger partial charge in [0.15, 0.2) is 5.76 Å². The third-order valence-corrected chi connectivity index (χ3v) is 4.74. The summed E-state index contributed by atoms with van der Waals surface area (Å²) >= 11 is 6.15. The Bertz CT molecular complexity index is 1150. The normalized spacial score (nSPS) is 10.7. The van der Waals surface area contributed by atoms with Crippen LogP contribution in [0.2, 0.25) is 5.02 Å². The number of amides is 1. The number of furan rings is 1. The predicted octanol–water partition coefficient (Wildman–Crippen LogP) is 5.93. The van der Waals surface area contributed by atoms with Gasteiger partial charge in [0.25, 0.3) is 5.91 Å². The molecule has 6 heteroatoms. The van der Waals surface area contributed by atoms with E-state index in [1.807, 2.05) is 54.6 Å². The molecule has 0 radical (unpaired) electrons. The molecule has 0 saturated carbocycles. The standard InChI is InChI=1S/C23H18ClNO4/c1-27-21-12-11-15(13-19(21)24)25-23(26)22-18(14-28-16-7-3-2-4-8-16)17-9-5-6-10-20(17)29-22/h2-13H,14H2,1H3,(H,25,26). The van der Waals surface area contributed by atoms with Gasteiger partial charge in [0.1, 0.15) is 23.7 Å². The van der Waals surface area contributed by atoms with E-state index in [0.717, 1.165) is 5.39 Å². The van der Waals surface area contributed by atoms with E-state index < -0.39 is 0 Å². The average molecular weight is 408 g/mol. The molecule has 1 N–H and O–H groups in total. The first-order valence-electron chi connectivity index (χ1n) is 8.99. The van der Waals surface area contributed by atoms with Gasteiger partial charge in [-0.25, -0.2) is 0 Å². The number of ether oxygens (including phenoxy) is 2. The van der Waals surface area contributed by atoms with Gasteiger partial charge < -0.3 is 19.2 Å². The minimum atomic E-state index is -0.380. The maximum Gasteiger partial charge on any atom is 0.291 e. The third-order valence-electron chi connectivity index (χ3n) is 4.44. The van der Waals surface area contributed by atoms with Crippen molar-refractivity contribution in [2.24, 2.45) is 0 Å². The maximum absolute atomic E-state index is 12.9. The van der Waals surface area contributed by atoms with E-state index in [-0.39, 0.29) is 18.3 Å². The van der Waals surface area contributed by atoms with Gasteiger partial charge >= 0.3 is 0 Å². The van der Waals surface area contributed by atoms with E-state index >= 15 is 0 Å². The van der Waals surface area contributed by atoms with Crippen LogP contribution in [-0.4, -0.2) is 13.0 Å².